The molecule has 5 heteroatoms. The lowest BCUT2D eigenvalue weighted by atomic mass is 10.2. The predicted molar refractivity (Wildman–Crippen MR) is 75.3 cm³/mol. The molecule has 0 aliphatic heterocycles. The van der Waals surface area contributed by atoms with Crippen molar-refractivity contribution in [3.05, 3.63) is 45.3 Å². The minimum Gasteiger partial charge on any atom is -0.315 e. The fourth-order valence-electron chi connectivity index (χ4n) is 1.86. The zero-order chi connectivity index (χ0) is 12.8. The van der Waals surface area contributed by atoms with Crippen LogP contribution >= 0.6 is 11.3 Å². The van der Waals surface area contributed by atoms with E-state index >= 15 is 0 Å². The van der Waals surface area contributed by atoms with Crippen LogP contribution in [0.2, 0.25) is 0 Å². The van der Waals surface area contributed by atoms with Crippen molar-refractivity contribution in [3.63, 3.8) is 0 Å². The molecule has 0 aliphatic carbocycles. The first-order valence-corrected chi connectivity index (χ1v) is 7.23. The third-order valence-electron chi connectivity index (χ3n) is 2.96. The van der Waals surface area contributed by atoms with Crippen molar-refractivity contribution >= 4 is 11.3 Å². The van der Waals surface area contributed by atoms with Gasteiger partial charge >= 0.3 is 5.69 Å². The van der Waals surface area contributed by atoms with Crippen molar-refractivity contribution in [2.45, 2.75) is 26.4 Å². The Morgan fingerprint density at radius 1 is 1.28 bits per heavy atom. The van der Waals surface area contributed by atoms with Gasteiger partial charge in [0.05, 0.1) is 0 Å². The lowest BCUT2D eigenvalue weighted by Crippen LogP contribution is -2.29. The number of nitrogens with one attached hydrogen (secondary N) is 1. The SMILES string of the molecule is CCn1ccn(CCNCCc2ccsc2)c1=O. The van der Waals surface area contributed by atoms with Gasteiger partial charge in [-0.25, -0.2) is 4.79 Å². The highest BCUT2D eigenvalue weighted by Gasteiger charge is 2.00. The third-order valence-corrected chi connectivity index (χ3v) is 3.69. The van der Waals surface area contributed by atoms with Crippen LogP contribution in [0.4, 0.5) is 0 Å². The number of rotatable bonds is 7. The summed E-state index contributed by atoms with van der Waals surface area (Å²) in [6, 6.07) is 2.15. The van der Waals surface area contributed by atoms with E-state index in [0.717, 1.165) is 32.6 Å². The van der Waals surface area contributed by atoms with E-state index in [1.165, 1.54) is 5.56 Å². The predicted octanol–water partition coefficient (Wildman–Crippen LogP) is 1.56. The van der Waals surface area contributed by atoms with Gasteiger partial charge in [-0.3, -0.25) is 9.13 Å². The van der Waals surface area contributed by atoms with Crippen molar-refractivity contribution in [2.24, 2.45) is 0 Å². The summed E-state index contributed by atoms with van der Waals surface area (Å²) in [5.74, 6) is 0. The summed E-state index contributed by atoms with van der Waals surface area (Å²) in [4.78, 5) is 11.7. The summed E-state index contributed by atoms with van der Waals surface area (Å²) in [5.41, 5.74) is 1.46. The van der Waals surface area contributed by atoms with Crippen LogP contribution in [0.3, 0.4) is 0 Å². The Labute approximate surface area is 111 Å². The molecule has 2 aromatic heterocycles. The molecule has 0 radical (unpaired) electrons. The Kier molecular flexibility index (Phi) is 4.78. The smallest absolute Gasteiger partial charge is 0.315 e. The van der Waals surface area contributed by atoms with Gasteiger partial charge in [0, 0.05) is 32.0 Å². The summed E-state index contributed by atoms with van der Waals surface area (Å²) in [5, 5.41) is 7.64. The molecule has 0 aromatic carbocycles. The number of hydrogen-bond donors (Lipinski definition) is 1. The molecule has 0 aliphatic rings. The Balaban J connectivity index is 1.69. The van der Waals surface area contributed by atoms with Crippen LogP contribution in [0.5, 0.6) is 0 Å². The maximum absolute atomic E-state index is 11.7. The number of aryl methyl sites for hydroxylation is 1. The first-order valence-electron chi connectivity index (χ1n) is 6.28. The van der Waals surface area contributed by atoms with Gasteiger partial charge in [0.15, 0.2) is 0 Å². The van der Waals surface area contributed by atoms with E-state index in [9.17, 15) is 4.79 Å². The Morgan fingerprint density at radius 3 is 2.78 bits per heavy atom. The molecular weight excluding hydrogens is 246 g/mol. The Bertz CT molecular complexity index is 513. The van der Waals surface area contributed by atoms with Crippen molar-refractivity contribution < 1.29 is 0 Å². The summed E-state index contributed by atoms with van der Waals surface area (Å²) < 4.78 is 3.46. The van der Waals surface area contributed by atoms with Gasteiger partial charge in [-0.2, -0.15) is 11.3 Å². The molecule has 0 saturated heterocycles. The molecule has 0 fully saturated rings. The maximum Gasteiger partial charge on any atom is 0.328 e. The molecule has 2 rings (SSSR count). The van der Waals surface area contributed by atoms with Gasteiger partial charge in [0.25, 0.3) is 0 Å². The second-order valence-electron chi connectivity index (χ2n) is 4.19. The monoisotopic (exact) mass is 265 g/mol. The average molecular weight is 265 g/mol. The highest BCUT2D eigenvalue weighted by Crippen LogP contribution is 2.05. The van der Waals surface area contributed by atoms with Crippen LogP contribution in [0, 0.1) is 0 Å². The normalized spacial score (nSPS) is 10.9. The van der Waals surface area contributed by atoms with Crippen molar-refractivity contribution in [2.75, 3.05) is 13.1 Å². The third kappa shape index (κ3) is 3.34. The van der Waals surface area contributed by atoms with Gasteiger partial charge in [-0.1, -0.05) is 0 Å². The van der Waals surface area contributed by atoms with Gasteiger partial charge < -0.3 is 5.32 Å². The number of nitrogens with zero attached hydrogens (tertiary/aromatic N) is 2. The summed E-state index contributed by atoms with van der Waals surface area (Å²) >= 11 is 1.73. The molecule has 4 nitrogen and oxygen atoms in total. The van der Waals surface area contributed by atoms with E-state index in [4.69, 9.17) is 0 Å². The summed E-state index contributed by atoms with van der Waals surface area (Å²) in [6.07, 6.45) is 4.74. The summed E-state index contributed by atoms with van der Waals surface area (Å²) in [7, 11) is 0. The zero-order valence-electron chi connectivity index (χ0n) is 10.6. The van der Waals surface area contributed by atoms with Crippen LogP contribution in [0.25, 0.3) is 0 Å². The molecule has 0 atom stereocenters. The van der Waals surface area contributed by atoms with Crippen LogP contribution in [0.15, 0.2) is 34.0 Å². The van der Waals surface area contributed by atoms with Crippen molar-refractivity contribution in [1.29, 1.82) is 0 Å². The molecule has 0 bridgehead atoms. The van der Waals surface area contributed by atoms with Gasteiger partial charge in [-0.15, -0.1) is 0 Å². The Hall–Kier alpha value is -1.33. The van der Waals surface area contributed by atoms with Gasteiger partial charge in [-0.05, 0) is 42.3 Å². The number of imidazole rings is 1. The molecule has 2 aromatic rings. The van der Waals surface area contributed by atoms with Crippen molar-refractivity contribution in [1.82, 2.24) is 14.5 Å². The van der Waals surface area contributed by atoms with E-state index in [0.29, 0.717) is 0 Å². The molecule has 18 heavy (non-hydrogen) atoms. The van der Waals surface area contributed by atoms with Crippen LogP contribution in [-0.4, -0.2) is 22.2 Å². The minimum absolute atomic E-state index is 0.0807. The molecule has 0 unspecified atom stereocenters. The quantitative estimate of drug-likeness (QED) is 0.772. The Morgan fingerprint density at radius 2 is 2.11 bits per heavy atom. The highest BCUT2D eigenvalue weighted by molar-refractivity contribution is 7.07. The number of thiophene rings is 1. The molecule has 1 N–H and O–H groups in total. The maximum atomic E-state index is 11.7. The highest BCUT2D eigenvalue weighted by atomic mass is 32.1. The minimum atomic E-state index is 0.0807. The molecule has 0 saturated carbocycles. The second-order valence-corrected chi connectivity index (χ2v) is 4.97. The van der Waals surface area contributed by atoms with E-state index in [1.807, 2.05) is 19.3 Å². The van der Waals surface area contributed by atoms with Crippen molar-refractivity contribution in [3.8, 4) is 0 Å². The van der Waals surface area contributed by atoms with Crippen LogP contribution in [0.1, 0.15) is 12.5 Å². The van der Waals surface area contributed by atoms with E-state index < -0.39 is 0 Å². The standard InChI is InChI=1S/C13H19N3OS/c1-2-15-8-9-16(13(15)17)7-6-14-5-3-12-4-10-18-11-12/h4,8-11,14H,2-3,5-7H2,1H3. The first kappa shape index (κ1) is 13.1. The lowest BCUT2D eigenvalue weighted by molar-refractivity contribution is 0.572. The molecule has 0 spiro atoms. The van der Waals surface area contributed by atoms with Crippen LogP contribution in [-0.2, 0) is 19.5 Å². The molecule has 98 valence electrons. The van der Waals surface area contributed by atoms with Crippen LogP contribution < -0.4 is 11.0 Å². The first-order chi connectivity index (χ1) is 8.81. The largest absolute Gasteiger partial charge is 0.328 e. The molecular formula is C13H19N3OS. The zero-order valence-corrected chi connectivity index (χ0v) is 11.4. The average Bonchev–Trinajstić information content (AvgIpc) is 3.00. The number of hydrogen-bond acceptors (Lipinski definition) is 3. The topological polar surface area (TPSA) is 39.0 Å². The molecule has 0 amide bonds. The fraction of sp³-hybridized carbons (Fsp3) is 0.462. The van der Waals surface area contributed by atoms with Gasteiger partial charge in [0.1, 0.15) is 0 Å². The fourth-order valence-corrected chi connectivity index (χ4v) is 2.56. The second kappa shape index (κ2) is 6.56. The lowest BCUT2D eigenvalue weighted by Gasteiger charge is -2.04. The van der Waals surface area contributed by atoms with E-state index in [2.05, 4.69) is 22.1 Å². The number of aromatic nitrogens is 2. The van der Waals surface area contributed by atoms with E-state index in [1.54, 1.807) is 20.5 Å². The van der Waals surface area contributed by atoms with Gasteiger partial charge in [0.2, 0.25) is 0 Å². The summed E-state index contributed by atoms with van der Waals surface area (Å²) in [6.45, 7) is 5.23. The van der Waals surface area contributed by atoms with E-state index in [-0.39, 0.29) is 5.69 Å². The molecule has 2 heterocycles.